The highest BCUT2D eigenvalue weighted by Crippen LogP contribution is 2.61. The number of nitrogens with one attached hydrogen (secondary N) is 1. The Morgan fingerprint density at radius 3 is 2.37 bits per heavy atom. The fourth-order valence-corrected chi connectivity index (χ4v) is 3.83. The van der Waals surface area contributed by atoms with Gasteiger partial charge in [-0.15, -0.1) is 0 Å². The molecule has 3 aliphatic carbocycles. The lowest BCUT2D eigenvalue weighted by atomic mass is 9.75. The van der Waals surface area contributed by atoms with Crippen LogP contribution in [-0.4, -0.2) is 12.6 Å². The molecule has 0 spiro atoms. The molecular formula is C18H25N. The second kappa shape index (κ2) is 4.34. The predicted molar refractivity (Wildman–Crippen MR) is 79.3 cm³/mol. The van der Waals surface area contributed by atoms with Crippen molar-refractivity contribution < 1.29 is 0 Å². The van der Waals surface area contributed by atoms with Crippen molar-refractivity contribution >= 4 is 0 Å². The summed E-state index contributed by atoms with van der Waals surface area (Å²) < 4.78 is 0. The van der Waals surface area contributed by atoms with E-state index in [4.69, 9.17) is 0 Å². The number of hydrogen-bond donors (Lipinski definition) is 1. The summed E-state index contributed by atoms with van der Waals surface area (Å²) >= 11 is 0. The first-order chi connectivity index (χ1) is 9.25. The summed E-state index contributed by atoms with van der Waals surface area (Å²) in [6.45, 7) is 3.48. The standard InChI is InChI=1S/C18H25N/c1-13-2-4-14(5-3-13)15-10-17(11-15)19-12-18(8-9-18)16-6-7-16/h2-5,15-17,19H,6-12H2,1H3. The highest BCUT2D eigenvalue weighted by Gasteiger charge is 2.53. The second-order valence-electron chi connectivity index (χ2n) is 7.29. The van der Waals surface area contributed by atoms with Crippen LogP contribution in [0.25, 0.3) is 0 Å². The van der Waals surface area contributed by atoms with Gasteiger partial charge in [0.25, 0.3) is 0 Å². The number of aryl methyl sites for hydroxylation is 1. The van der Waals surface area contributed by atoms with E-state index in [0.717, 1.165) is 23.3 Å². The van der Waals surface area contributed by atoms with Crippen molar-refractivity contribution in [3.63, 3.8) is 0 Å². The maximum absolute atomic E-state index is 3.85. The summed E-state index contributed by atoms with van der Waals surface area (Å²) in [7, 11) is 0. The summed E-state index contributed by atoms with van der Waals surface area (Å²) in [4.78, 5) is 0. The van der Waals surface area contributed by atoms with Crippen LogP contribution in [0.5, 0.6) is 0 Å². The molecule has 0 atom stereocenters. The van der Waals surface area contributed by atoms with Gasteiger partial charge in [0.05, 0.1) is 0 Å². The Bertz CT molecular complexity index is 447. The van der Waals surface area contributed by atoms with Gasteiger partial charge in [-0.25, -0.2) is 0 Å². The quantitative estimate of drug-likeness (QED) is 0.838. The first kappa shape index (κ1) is 12.0. The van der Waals surface area contributed by atoms with Crippen LogP contribution < -0.4 is 5.32 Å². The van der Waals surface area contributed by atoms with Crippen molar-refractivity contribution in [3.8, 4) is 0 Å². The third-order valence-electron chi connectivity index (χ3n) is 5.77. The molecule has 1 aromatic carbocycles. The van der Waals surface area contributed by atoms with Gasteiger partial charge in [-0.1, -0.05) is 29.8 Å². The van der Waals surface area contributed by atoms with Gasteiger partial charge in [0, 0.05) is 12.6 Å². The van der Waals surface area contributed by atoms with Crippen molar-refractivity contribution in [1.29, 1.82) is 0 Å². The minimum Gasteiger partial charge on any atom is -0.313 e. The summed E-state index contributed by atoms with van der Waals surface area (Å²) in [6.07, 6.45) is 8.72. The molecule has 0 unspecified atom stereocenters. The van der Waals surface area contributed by atoms with Crippen molar-refractivity contribution in [1.82, 2.24) is 5.32 Å². The minimum atomic E-state index is 0.759. The monoisotopic (exact) mass is 255 g/mol. The molecule has 1 heteroatoms. The molecule has 1 nitrogen and oxygen atoms in total. The van der Waals surface area contributed by atoms with E-state index in [1.165, 1.54) is 50.6 Å². The Balaban J connectivity index is 1.25. The van der Waals surface area contributed by atoms with E-state index in [1.807, 2.05) is 0 Å². The van der Waals surface area contributed by atoms with Crippen LogP contribution in [0.3, 0.4) is 0 Å². The smallest absolute Gasteiger partial charge is 0.00789 e. The van der Waals surface area contributed by atoms with Crippen molar-refractivity contribution in [2.24, 2.45) is 11.3 Å². The molecule has 19 heavy (non-hydrogen) atoms. The molecule has 3 aliphatic rings. The van der Waals surface area contributed by atoms with E-state index < -0.39 is 0 Å². The fourth-order valence-electron chi connectivity index (χ4n) is 3.83. The summed E-state index contributed by atoms with van der Waals surface area (Å²) in [5.74, 6) is 1.90. The van der Waals surface area contributed by atoms with Crippen LogP contribution in [0.2, 0.25) is 0 Å². The third-order valence-corrected chi connectivity index (χ3v) is 5.77. The fraction of sp³-hybridized carbons (Fsp3) is 0.667. The molecular weight excluding hydrogens is 230 g/mol. The van der Waals surface area contributed by atoms with Gasteiger partial charge < -0.3 is 5.32 Å². The summed E-state index contributed by atoms with van der Waals surface area (Å²) in [5.41, 5.74) is 3.68. The van der Waals surface area contributed by atoms with Gasteiger partial charge in [-0.2, -0.15) is 0 Å². The molecule has 4 rings (SSSR count). The normalized spacial score (nSPS) is 31.8. The topological polar surface area (TPSA) is 12.0 Å². The van der Waals surface area contributed by atoms with Crippen LogP contribution >= 0.6 is 0 Å². The maximum Gasteiger partial charge on any atom is 0.00789 e. The Morgan fingerprint density at radius 1 is 1.11 bits per heavy atom. The zero-order valence-corrected chi connectivity index (χ0v) is 12.0. The van der Waals surface area contributed by atoms with Crippen LogP contribution in [0.1, 0.15) is 55.6 Å². The van der Waals surface area contributed by atoms with Crippen LogP contribution in [0.15, 0.2) is 24.3 Å². The van der Waals surface area contributed by atoms with E-state index in [-0.39, 0.29) is 0 Å². The lowest BCUT2D eigenvalue weighted by molar-refractivity contribution is 0.262. The van der Waals surface area contributed by atoms with E-state index in [1.54, 1.807) is 5.56 Å². The summed E-state index contributed by atoms with van der Waals surface area (Å²) in [6, 6.07) is 9.94. The van der Waals surface area contributed by atoms with Gasteiger partial charge in [0.15, 0.2) is 0 Å². The molecule has 102 valence electrons. The molecule has 0 radical (unpaired) electrons. The van der Waals surface area contributed by atoms with E-state index in [9.17, 15) is 0 Å². The van der Waals surface area contributed by atoms with Gasteiger partial charge in [0.2, 0.25) is 0 Å². The first-order valence-electron chi connectivity index (χ1n) is 8.05. The van der Waals surface area contributed by atoms with Gasteiger partial charge in [-0.05, 0) is 68.3 Å². The minimum absolute atomic E-state index is 0.759. The van der Waals surface area contributed by atoms with Crippen molar-refractivity contribution in [2.45, 2.75) is 57.4 Å². The molecule has 3 fully saturated rings. The Morgan fingerprint density at radius 2 is 1.79 bits per heavy atom. The Hall–Kier alpha value is -0.820. The Labute approximate surface area is 116 Å². The Kier molecular flexibility index (Phi) is 2.73. The lowest BCUT2D eigenvalue weighted by Crippen LogP contribution is -2.43. The zero-order chi connectivity index (χ0) is 12.9. The van der Waals surface area contributed by atoms with Crippen molar-refractivity contribution in [2.75, 3.05) is 6.54 Å². The van der Waals surface area contributed by atoms with Gasteiger partial charge in [0.1, 0.15) is 0 Å². The van der Waals surface area contributed by atoms with Crippen LogP contribution in [-0.2, 0) is 0 Å². The average Bonchev–Trinajstić information content (AvgIpc) is 3.23. The highest BCUT2D eigenvalue weighted by molar-refractivity contribution is 5.26. The molecule has 0 aliphatic heterocycles. The third kappa shape index (κ3) is 2.33. The molecule has 0 saturated heterocycles. The predicted octanol–water partition coefficient (Wildman–Crippen LogP) is 4.02. The van der Waals surface area contributed by atoms with E-state index in [0.29, 0.717) is 0 Å². The zero-order valence-electron chi connectivity index (χ0n) is 12.0. The van der Waals surface area contributed by atoms with Gasteiger partial charge in [-0.3, -0.25) is 0 Å². The van der Waals surface area contributed by atoms with Gasteiger partial charge >= 0.3 is 0 Å². The molecule has 0 heterocycles. The SMILES string of the molecule is Cc1ccc(C2CC(NCC3(C4CC4)CC3)C2)cc1. The largest absolute Gasteiger partial charge is 0.313 e. The maximum atomic E-state index is 3.85. The second-order valence-corrected chi connectivity index (χ2v) is 7.29. The number of rotatable bonds is 5. The number of benzene rings is 1. The summed E-state index contributed by atoms with van der Waals surface area (Å²) in [5, 5.41) is 3.85. The number of hydrogen-bond acceptors (Lipinski definition) is 1. The lowest BCUT2D eigenvalue weighted by Gasteiger charge is -2.37. The van der Waals surface area contributed by atoms with E-state index >= 15 is 0 Å². The molecule has 0 aromatic heterocycles. The molecule has 1 N–H and O–H groups in total. The highest BCUT2D eigenvalue weighted by atomic mass is 15.0. The van der Waals surface area contributed by atoms with Crippen molar-refractivity contribution in [3.05, 3.63) is 35.4 Å². The molecule has 1 aromatic rings. The van der Waals surface area contributed by atoms with Crippen LogP contribution in [0.4, 0.5) is 0 Å². The molecule has 0 bridgehead atoms. The van der Waals surface area contributed by atoms with Crippen LogP contribution in [0, 0.1) is 18.3 Å². The average molecular weight is 255 g/mol. The first-order valence-corrected chi connectivity index (χ1v) is 8.05. The molecule has 3 saturated carbocycles. The van der Waals surface area contributed by atoms with E-state index in [2.05, 4.69) is 36.5 Å². The molecule has 0 amide bonds.